The number of sulfonamides is 1. The number of Topliss-reactive ketones (excluding diaryl/α,β-unsaturated/α-hetero) is 1. The number of ketones is 1. The molecule has 6 nitrogen and oxygen atoms in total. The van der Waals surface area contributed by atoms with Crippen molar-refractivity contribution in [1.29, 1.82) is 0 Å². The van der Waals surface area contributed by atoms with Crippen molar-refractivity contribution in [2.75, 3.05) is 19.6 Å². The Labute approximate surface area is 162 Å². The lowest BCUT2D eigenvalue weighted by Crippen LogP contribution is -2.43. The summed E-state index contributed by atoms with van der Waals surface area (Å²) in [5, 5.41) is 2.97. The van der Waals surface area contributed by atoms with E-state index in [1.54, 1.807) is 12.1 Å². The predicted octanol–water partition coefficient (Wildman–Crippen LogP) is 2.84. The Balaban J connectivity index is 1.91. The quantitative estimate of drug-likeness (QED) is 0.543. The van der Waals surface area contributed by atoms with E-state index in [1.807, 2.05) is 0 Å². The van der Waals surface area contributed by atoms with E-state index < -0.39 is 10.0 Å². The summed E-state index contributed by atoms with van der Waals surface area (Å²) in [6, 6.07) is 6.12. The summed E-state index contributed by atoms with van der Waals surface area (Å²) in [5.41, 5.74) is 0.381. The Morgan fingerprint density at radius 1 is 1.22 bits per heavy atom. The normalized spacial score (nSPS) is 16.4. The molecule has 1 amide bonds. The van der Waals surface area contributed by atoms with Gasteiger partial charge in [0.1, 0.15) is 0 Å². The highest BCUT2D eigenvalue weighted by Gasteiger charge is 2.32. The molecule has 1 N–H and O–H groups in total. The maximum atomic E-state index is 12.8. The Bertz CT molecular complexity index is 766. The van der Waals surface area contributed by atoms with Gasteiger partial charge in [-0.25, -0.2) is 8.42 Å². The molecule has 7 heteroatoms. The zero-order valence-electron chi connectivity index (χ0n) is 16.4. The van der Waals surface area contributed by atoms with Crippen LogP contribution in [0.2, 0.25) is 0 Å². The third-order valence-electron chi connectivity index (χ3n) is 4.96. The summed E-state index contributed by atoms with van der Waals surface area (Å²) in [6.45, 7) is 7.03. The van der Waals surface area contributed by atoms with Crippen molar-refractivity contribution < 1.29 is 18.0 Å². The lowest BCUT2D eigenvalue weighted by Gasteiger charge is -2.30. The van der Waals surface area contributed by atoms with Crippen LogP contribution in [0.3, 0.4) is 0 Å². The van der Waals surface area contributed by atoms with E-state index >= 15 is 0 Å². The van der Waals surface area contributed by atoms with E-state index in [2.05, 4.69) is 19.2 Å². The number of carbonyl (C=O) groups is 2. The zero-order chi connectivity index (χ0) is 20.0. The van der Waals surface area contributed by atoms with E-state index in [9.17, 15) is 18.0 Å². The molecule has 1 aliphatic heterocycles. The number of nitrogens with one attached hydrogen (secondary N) is 1. The smallest absolute Gasteiger partial charge is 0.243 e. The largest absolute Gasteiger partial charge is 0.356 e. The van der Waals surface area contributed by atoms with Gasteiger partial charge in [0.05, 0.1) is 4.90 Å². The van der Waals surface area contributed by atoms with Crippen molar-refractivity contribution in [3.05, 3.63) is 29.8 Å². The van der Waals surface area contributed by atoms with Crippen molar-refractivity contribution in [2.45, 2.75) is 51.3 Å². The molecule has 2 rings (SSSR count). The monoisotopic (exact) mass is 394 g/mol. The Kier molecular flexibility index (Phi) is 7.56. The lowest BCUT2D eigenvalue weighted by atomic mass is 9.97. The first-order valence-electron chi connectivity index (χ1n) is 9.60. The van der Waals surface area contributed by atoms with Crippen LogP contribution in [0.15, 0.2) is 29.2 Å². The second-order valence-corrected chi connectivity index (χ2v) is 9.53. The fourth-order valence-corrected chi connectivity index (χ4v) is 4.77. The van der Waals surface area contributed by atoms with Gasteiger partial charge in [0, 0.05) is 31.1 Å². The standard InChI is InChI=1S/C20H30N2O4S/c1-15(2)6-5-11-21-20(24)17-9-12-22(13-10-17)27(25,26)19-8-4-7-18(14-19)16(3)23/h4,7-8,14-15,17H,5-6,9-13H2,1-3H3,(H,21,24). The molecule has 0 saturated carbocycles. The minimum absolute atomic E-state index is 0.0226. The Morgan fingerprint density at radius 3 is 2.48 bits per heavy atom. The molecule has 0 spiro atoms. The molecular weight excluding hydrogens is 364 g/mol. The van der Waals surface area contributed by atoms with Gasteiger partial charge in [-0.15, -0.1) is 0 Å². The molecule has 0 radical (unpaired) electrons. The fraction of sp³-hybridized carbons (Fsp3) is 0.600. The molecule has 1 fully saturated rings. The molecule has 0 bridgehead atoms. The average Bonchev–Trinajstić information content (AvgIpc) is 2.65. The molecule has 0 unspecified atom stereocenters. The van der Waals surface area contributed by atoms with Gasteiger partial charge in [-0.1, -0.05) is 26.0 Å². The van der Waals surface area contributed by atoms with E-state index in [1.165, 1.54) is 23.4 Å². The molecular formula is C20H30N2O4S. The number of hydrogen-bond donors (Lipinski definition) is 1. The Hall–Kier alpha value is -1.73. The molecule has 1 aromatic rings. The number of piperidine rings is 1. The molecule has 0 atom stereocenters. The molecule has 1 aromatic carbocycles. The van der Waals surface area contributed by atoms with Crippen LogP contribution >= 0.6 is 0 Å². The minimum atomic E-state index is -3.65. The maximum Gasteiger partial charge on any atom is 0.243 e. The minimum Gasteiger partial charge on any atom is -0.356 e. The molecule has 1 saturated heterocycles. The number of nitrogens with zero attached hydrogens (tertiary/aromatic N) is 1. The highest BCUT2D eigenvalue weighted by molar-refractivity contribution is 7.89. The van der Waals surface area contributed by atoms with Crippen molar-refractivity contribution in [3.63, 3.8) is 0 Å². The third kappa shape index (κ3) is 5.87. The number of amides is 1. The number of carbonyl (C=O) groups excluding carboxylic acids is 2. The number of benzene rings is 1. The molecule has 0 aromatic heterocycles. The zero-order valence-corrected chi connectivity index (χ0v) is 17.2. The summed E-state index contributed by atoms with van der Waals surface area (Å²) >= 11 is 0. The van der Waals surface area contributed by atoms with Crippen LogP contribution in [0.5, 0.6) is 0 Å². The number of rotatable bonds is 8. The first-order chi connectivity index (χ1) is 12.7. The van der Waals surface area contributed by atoms with Gasteiger partial charge in [-0.3, -0.25) is 9.59 Å². The van der Waals surface area contributed by atoms with E-state index in [-0.39, 0.29) is 22.5 Å². The van der Waals surface area contributed by atoms with Crippen LogP contribution in [0.25, 0.3) is 0 Å². The average molecular weight is 395 g/mol. The van der Waals surface area contributed by atoms with Crippen molar-refractivity contribution in [3.8, 4) is 0 Å². The highest BCUT2D eigenvalue weighted by Crippen LogP contribution is 2.24. The van der Waals surface area contributed by atoms with Crippen molar-refractivity contribution >= 4 is 21.7 Å². The summed E-state index contributed by atoms with van der Waals surface area (Å²) in [4.78, 5) is 23.9. The van der Waals surface area contributed by atoms with Crippen molar-refractivity contribution in [1.82, 2.24) is 9.62 Å². The fourth-order valence-electron chi connectivity index (χ4n) is 3.25. The SMILES string of the molecule is CC(=O)c1cccc(S(=O)(=O)N2CCC(C(=O)NCCCC(C)C)CC2)c1. The molecule has 0 aliphatic carbocycles. The first kappa shape index (κ1) is 21.6. The van der Waals surface area contributed by atoms with Crippen LogP contribution in [0, 0.1) is 11.8 Å². The molecule has 1 heterocycles. The summed E-state index contributed by atoms with van der Waals surface area (Å²) in [6.07, 6.45) is 3.07. The molecule has 150 valence electrons. The van der Waals surface area contributed by atoms with Gasteiger partial charge in [-0.05, 0) is 50.7 Å². The first-order valence-corrected chi connectivity index (χ1v) is 11.0. The van der Waals surface area contributed by atoms with Gasteiger partial charge in [0.2, 0.25) is 15.9 Å². The summed E-state index contributed by atoms with van der Waals surface area (Å²) in [7, 11) is -3.65. The Morgan fingerprint density at radius 2 is 1.89 bits per heavy atom. The van der Waals surface area contributed by atoms with Gasteiger partial charge in [0.25, 0.3) is 0 Å². The van der Waals surface area contributed by atoms with E-state index in [0.717, 1.165) is 12.8 Å². The summed E-state index contributed by atoms with van der Waals surface area (Å²) < 4.78 is 27.1. The highest BCUT2D eigenvalue weighted by atomic mass is 32.2. The lowest BCUT2D eigenvalue weighted by molar-refractivity contribution is -0.126. The van der Waals surface area contributed by atoms with E-state index in [4.69, 9.17) is 0 Å². The maximum absolute atomic E-state index is 12.8. The van der Waals surface area contributed by atoms with Crippen LogP contribution in [0.4, 0.5) is 0 Å². The van der Waals surface area contributed by atoms with Crippen molar-refractivity contribution in [2.24, 2.45) is 11.8 Å². The van der Waals surface area contributed by atoms with Crippen LogP contribution < -0.4 is 5.32 Å². The molecule has 27 heavy (non-hydrogen) atoms. The topological polar surface area (TPSA) is 83.6 Å². The van der Waals surface area contributed by atoms with Gasteiger partial charge in [0.15, 0.2) is 5.78 Å². The summed E-state index contributed by atoms with van der Waals surface area (Å²) in [5.74, 6) is 0.338. The predicted molar refractivity (Wildman–Crippen MR) is 105 cm³/mol. The second kappa shape index (κ2) is 9.46. The van der Waals surface area contributed by atoms with Crippen LogP contribution in [-0.4, -0.2) is 44.0 Å². The van der Waals surface area contributed by atoms with Gasteiger partial charge >= 0.3 is 0 Å². The van der Waals surface area contributed by atoms with Crippen LogP contribution in [0.1, 0.15) is 56.8 Å². The van der Waals surface area contributed by atoms with Crippen LogP contribution in [-0.2, 0) is 14.8 Å². The van der Waals surface area contributed by atoms with Gasteiger partial charge < -0.3 is 5.32 Å². The third-order valence-corrected chi connectivity index (χ3v) is 6.86. The second-order valence-electron chi connectivity index (χ2n) is 7.59. The van der Waals surface area contributed by atoms with Gasteiger partial charge in [-0.2, -0.15) is 4.31 Å². The number of hydrogen-bond acceptors (Lipinski definition) is 4. The molecule has 1 aliphatic rings. The van der Waals surface area contributed by atoms with E-state index in [0.29, 0.717) is 44.0 Å².